The summed E-state index contributed by atoms with van der Waals surface area (Å²) in [5, 5.41) is 2.46. The Bertz CT molecular complexity index is 378. The molecule has 5 heteroatoms. The number of esters is 1. The predicted molar refractivity (Wildman–Crippen MR) is 67.5 cm³/mol. The fraction of sp³-hybridized carbons (Fsp3) is 0.333. The summed E-state index contributed by atoms with van der Waals surface area (Å²) in [4.78, 5) is 22.0. The average molecular weight is 300 g/mol. The second kappa shape index (κ2) is 7.06. The molecule has 1 N–H and O–H groups in total. The minimum atomic E-state index is -0.631. The largest absolute Gasteiger partial charge is 0.464 e. The molecule has 0 saturated heterocycles. The molecule has 4 nitrogen and oxygen atoms in total. The van der Waals surface area contributed by atoms with Crippen LogP contribution in [0.15, 0.2) is 28.7 Å². The summed E-state index contributed by atoms with van der Waals surface area (Å²) in [6.07, 6.45) is 0.936. The van der Waals surface area contributed by atoms with Gasteiger partial charge in [0, 0.05) is 10.9 Å². The maximum absolute atomic E-state index is 11.6. The molecule has 0 unspecified atom stereocenters. The first-order valence-electron chi connectivity index (χ1n) is 5.28. The maximum atomic E-state index is 11.6. The molecule has 0 saturated carbocycles. The van der Waals surface area contributed by atoms with Gasteiger partial charge in [-0.05, 0) is 24.6 Å². The van der Waals surface area contributed by atoms with E-state index in [0.717, 1.165) is 10.0 Å². The molecule has 0 bridgehead atoms. The third-order valence-electron chi connectivity index (χ3n) is 2.19. The van der Waals surface area contributed by atoms with Crippen LogP contribution in [0.25, 0.3) is 0 Å². The van der Waals surface area contributed by atoms with Crippen molar-refractivity contribution in [3.8, 4) is 0 Å². The van der Waals surface area contributed by atoms with Crippen molar-refractivity contribution in [3.63, 3.8) is 0 Å². The Morgan fingerprint density at radius 2 is 2.12 bits per heavy atom. The van der Waals surface area contributed by atoms with E-state index in [9.17, 15) is 9.59 Å². The summed E-state index contributed by atoms with van der Waals surface area (Å²) in [6.45, 7) is 2.03. The van der Waals surface area contributed by atoms with Gasteiger partial charge in [-0.3, -0.25) is 4.79 Å². The van der Waals surface area contributed by atoms with Crippen LogP contribution < -0.4 is 5.32 Å². The fourth-order valence-corrected chi connectivity index (χ4v) is 1.66. The fourth-order valence-electron chi connectivity index (χ4n) is 1.39. The predicted octanol–water partition coefficient (Wildman–Crippen LogP) is 1.67. The van der Waals surface area contributed by atoms with E-state index in [1.807, 2.05) is 24.3 Å². The highest BCUT2D eigenvalue weighted by Crippen LogP contribution is 2.12. The molecular formula is C12H14BrNO3. The molecule has 0 fully saturated rings. The summed E-state index contributed by atoms with van der Waals surface area (Å²) < 4.78 is 5.85. The number of hydrogen-bond donors (Lipinski definition) is 1. The zero-order valence-electron chi connectivity index (χ0n) is 9.48. The van der Waals surface area contributed by atoms with Crippen molar-refractivity contribution < 1.29 is 14.3 Å². The van der Waals surface area contributed by atoms with Crippen LogP contribution in [0, 0.1) is 0 Å². The molecule has 0 aliphatic carbocycles. The van der Waals surface area contributed by atoms with Crippen LogP contribution in [0.1, 0.15) is 12.5 Å². The molecular weight excluding hydrogens is 286 g/mol. The van der Waals surface area contributed by atoms with Crippen molar-refractivity contribution in [3.05, 3.63) is 34.3 Å². The van der Waals surface area contributed by atoms with Gasteiger partial charge in [-0.1, -0.05) is 28.1 Å². The lowest BCUT2D eigenvalue weighted by atomic mass is 10.1. The van der Waals surface area contributed by atoms with Gasteiger partial charge < -0.3 is 10.1 Å². The third kappa shape index (κ3) is 4.56. The lowest BCUT2D eigenvalue weighted by Gasteiger charge is -2.14. The molecule has 0 aliphatic heterocycles. The smallest absolute Gasteiger partial charge is 0.328 e. The Labute approximate surface area is 108 Å². The molecule has 1 rings (SSSR count). The van der Waals surface area contributed by atoms with E-state index < -0.39 is 12.0 Å². The number of carbonyl (C=O) groups is 2. The zero-order chi connectivity index (χ0) is 12.7. The van der Waals surface area contributed by atoms with Crippen LogP contribution in [-0.4, -0.2) is 25.0 Å². The second-order valence-corrected chi connectivity index (χ2v) is 4.34. The minimum Gasteiger partial charge on any atom is -0.464 e. The molecule has 1 atom stereocenters. The van der Waals surface area contributed by atoms with Crippen molar-refractivity contribution in [2.45, 2.75) is 19.4 Å². The van der Waals surface area contributed by atoms with Gasteiger partial charge in [0.15, 0.2) is 0 Å². The number of carbonyl (C=O) groups excluding carboxylic acids is 2. The number of amides is 1. The van der Waals surface area contributed by atoms with Crippen molar-refractivity contribution >= 4 is 28.3 Å². The van der Waals surface area contributed by atoms with Gasteiger partial charge >= 0.3 is 5.97 Å². The van der Waals surface area contributed by atoms with Crippen LogP contribution in [0.2, 0.25) is 0 Å². The van der Waals surface area contributed by atoms with E-state index in [2.05, 4.69) is 21.2 Å². The van der Waals surface area contributed by atoms with Gasteiger partial charge in [-0.25, -0.2) is 4.79 Å². The maximum Gasteiger partial charge on any atom is 0.328 e. The lowest BCUT2D eigenvalue weighted by molar-refractivity contribution is -0.146. The van der Waals surface area contributed by atoms with Crippen molar-refractivity contribution in [1.82, 2.24) is 5.32 Å². The number of halogens is 1. The van der Waals surface area contributed by atoms with Gasteiger partial charge in [-0.15, -0.1) is 0 Å². The molecule has 0 radical (unpaired) electrons. The Morgan fingerprint density at radius 3 is 2.65 bits per heavy atom. The number of rotatable bonds is 6. The van der Waals surface area contributed by atoms with Crippen LogP contribution in [0.5, 0.6) is 0 Å². The molecule has 0 aromatic heterocycles. The molecule has 17 heavy (non-hydrogen) atoms. The van der Waals surface area contributed by atoms with Gasteiger partial charge in [0.2, 0.25) is 6.41 Å². The minimum absolute atomic E-state index is 0.302. The highest BCUT2D eigenvalue weighted by Gasteiger charge is 2.19. The first kappa shape index (κ1) is 13.7. The number of hydrogen-bond acceptors (Lipinski definition) is 3. The Hall–Kier alpha value is -1.36. The lowest BCUT2D eigenvalue weighted by Crippen LogP contribution is -2.39. The van der Waals surface area contributed by atoms with Gasteiger partial charge in [-0.2, -0.15) is 0 Å². The van der Waals surface area contributed by atoms with E-state index in [4.69, 9.17) is 4.74 Å². The van der Waals surface area contributed by atoms with E-state index in [0.29, 0.717) is 19.4 Å². The number of nitrogens with one attached hydrogen (secondary N) is 1. The van der Waals surface area contributed by atoms with Crippen LogP contribution in [-0.2, 0) is 20.7 Å². The first-order valence-corrected chi connectivity index (χ1v) is 6.07. The highest BCUT2D eigenvalue weighted by molar-refractivity contribution is 9.10. The van der Waals surface area contributed by atoms with Crippen LogP contribution in [0.3, 0.4) is 0 Å². The van der Waals surface area contributed by atoms with E-state index in [1.165, 1.54) is 0 Å². The molecule has 1 aromatic carbocycles. The molecule has 1 amide bonds. The number of benzene rings is 1. The summed E-state index contributed by atoms with van der Waals surface area (Å²) in [5.41, 5.74) is 0.959. The van der Waals surface area contributed by atoms with Gasteiger partial charge in [0.05, 0.1) is 6.61 Å². The summed E-state index contributed by atoms with van der Waals surface area (Å²) in [7, 11) is 0. The molecule has 0 aliphatic rings. The van der Waals surface area contributed by atoms with Crippen LogP contribution >= 0.6 is 15.9 Å². The molecule has 0 heterocycles. The Morgan fingerprint density at radius 1 is 1.47 bits per heavy atom. The SMILES string of the molecule is CCOC(=O)[C@H](Cc1ccc(Br)cc1)NC=O. The Balaban J connectivity index is 2.68. The normalized spacial score (nSPS) is 11.6. The van der Waals surface area contributed by atoms with Crippen molar-refractivity contribution in [2.24, 2.45) is 0 Å². The summed E-state index contributed by atoms with van der Waals surface area (Å²) in [5.74, 6) is -0.414. The van der Waals surface area contributed by atoms with Gasteiger partial charge in [0.25, 0.3) is 0 Å². The molecule has 0 spiro atoms. The van der Waals surface area contributed by atoms with E-state index >= 15 is 0 Å². The monoisotopic (exact) mass is 299 g/mol. The van der Waals surface area contributed by atoms with Crippen molar-refractivity contribution in [2.75, 3.05) is 6.61 Å². The molecule has 1 aromatic rings. The second-order valence-electron chi connectivity index (χ2n) is 3.42. The summed E-state index contributed by atoms with van der Waals surface area (Å²) >= 11 is 3.33. The van der Waals surface area contributed by atoms with Crippen molar-refractivity contribution in [1.29, 1.82) is 0 Å². The summed E-state index contributed by atoms with van der Waals surface area (Å²) in [6, 6.07) is 6.93. The standard InChI is InChI=1S/C12H14BrNO3/c1-2-17-12(16)11(14-8-15)7-9-3-5-10(13)6-4-9/h3-6,8,11H,2,7H2,1H3,(H,14,15)/t11-/m0/s1. The topological polar surface area (TPSA) is 55.4 Å². The van der Waals surface area contributed by atoms with Crippen LogP contribution in [0.4, 0.5) is 0 Å². The highest BCUT2D eigenvalue weighted by atomic mass is 79.9. The first-order chi connectivity index (χ1) is 8.17. The van der Waals surface area contributed by atoms with E-state index in [1.54, 1.807) is 6.92 Å². The Kier molecular flexibility index (Phi) is 5.69. The third-order valence-corrected chi connectivity index (χ3v) is 2.72. The quantitative estimate of drug-likeness (QED) is 0.642. The number of ether oxygens (including phenoxy) is 1. The van der Waals surface area contributed by atoms with Gasteiger partial charge in [0.1, 0.15) is 6.04 Å². The zero-order valence-corrected chi connectivity index (χ0v) is 11.1. The molecule has 92 valence electrons. The average Bonchev–Trinajstić information content (AvgIpc) is 2.31. The van der Waals surface area contributed by atoms with E-state index in [-0.39, 0.29) is 0 Å².